The minimum Gasteiger partial charge on any atom is -0.288 e. The minimum absolute atomic E-state index is 0.102. The van der Waals surface area contributed by atoms with Crippen molar-refractivity contribution in [3.63, 3.8) is 0 Å². The molecule has 3 nitrogen and oxygen atoms in total. The zero-order chi connectivity index (χ0) is 21.7. The Morgan fingerprint density at radius 3 is 2.32 bits per heavy atom. The van der Waals surface area contributed by atoms with Crippen LogP contribution in [0.2, 0.25) is 0 Å². The predicted molar refractivity (Wildman–Crippen MR) is 119 cm³/mol. The van der Waals surface area contributed by atoms with Gasteiger partial charge in [0.15, 0.2) is 3.95 Å². The van der Waals surface area contributed by atoms with Crippen molar-refractivity contribution in [2.24, 2.45) is 0 Å². The fraction of sp³-hybridized carbons (Fsp3) is 0.0435. The number of benzene rings is 3. The van der Waals surface area contributed by atoms with E-state index in [1.54, 1.807) is 46.9 Å². The number of hydrogen-bond acceptors (Lipinski definition) is 3. The number of aromatic nitrogens is 2. The Morgan fingerprint density at radius 2 is 1.58 bits per heavy atom. The van der Waals surface area contributed by atoms with Crippen molar-refractivity contribution in [2.45, 2.75) is 6.54 Å². The Labute approximate surface area is 183 Å². The zero-order valence-electron chi connectivity index (χ0n) is 15.8. The van der Waals surface area contributed by atoms with E-state index >= 15 is 0 Å². The summed E-state index contributed by atoms with van der Waals surface area (Å²) < 4.78 is 45.8. The van der Waals surface area contributed by atoms with Crippen LogP contribution in [0, 0.1) is 21.4 Å². The summed E-state index contributed by atoms with van der Waals surface area (Å²) in [6.07, 6.45) is 0. The molecule has 2 aromatic heterocycles. The monoisotopic (exact) mass is 454 g/mol. The quantitative estimate of drug-likeness (QED) is 0.305. The molecule has 0 aliphatic carbocycles. The molecule has 0 aliphatic rings. The second-order valence-corrected chi connectivity index (χ2v) is 8.67. The first-order valence-corrected chi connectivity index (χ1v) is 10.5. The third-order valence-electron chi connectivity index (χ3n) is 5.04. The lowest BCUT2D eigenvalue weighted by Gasteiger charge is -2.14. The molecule has 154 valence electrons. The third kappa shape index (κ3) is 3.28. The second-order valence-electron chi connectivity index (χ2n) is 7.02. The van der Waals surface area contributed by atoms with Crippen LogP contribution >= 0.6 is 23.6 Å². The van der Waals surface area contributed by atoms with Crippen LogP contribution in [0.25, 0.3) is 27.0 Å². The smallest absolute Gasteiger partial charge is 0.261 e. The summed E-state index contributed by atoms with van der Waals surface area (Å²) in [4.78, 5) is 13.9. The Kier molecular flexibility index (Phi) is 4.75. The van der Waals surface area contributed by atoms with Crippen LogP contribution < -0.4 is 5.56 Å². The van der Waals surface area contributed by atoms with Gasteiger partial charge in [0, 0.05) is 11.6 Å². The first-order valence-electron chi connectivity index (χ1n) is 9.31. The molecule has 0 saturated carbocycles. The van der Waals surface area contributed by atoms with Crippen molar-refractivity contribution in [2.75, 3.05) is 0 Å². The van der Waals surface area contributed by atoms with Crippen LogP contribution in [0.15, 0.2) is 71.5 Å². The van der Waals surface area contributed by atoms with Crippen molar-refractivity contribution >= 4 is 40.1 Å². The van der Waals surface area contributed by atoms with Crippen LogP contribution in [-0.4, -0.2) is 8.97 Å². The molecular weight excluding hydrogens is 441 g/mol. The highest BCUT2D eigenvalue weighted by Gasteiger charge is 2.20. The molecule has 0 radical (unpaired) electrons. The molecule has 0 spiro atoms. The molecular formula is C23H13F3N2OS2. The molecule has 2 heterocycles. The van der Waals surface area contributed by atoms with Crippen molar-refractivity contribution in [1.29, 1.82) is 0 Å². The Morgan fingerprint density at radius 1 is 0.903 bits per heavy atom. The lowest BCUT2D eigenvalue weighted by atomic mass is 10.1. The Hall–Kier alpha value is -3.23. The summed E-state index contributed by atoms with van der Waals surface area (Å²) in [6, 6.07) is 16.3. The van der Waals surface area contributed by atoms with E-state index in [1.165, 1.54) is 34.1 Å². The van der Waals surface area contributed by atoms with Crippen LogP contribution in [0.4, 0.5) is 13.2 Å². The molecule has 0 unspecified atom stereocenters. The van der Waals surface area contributed by atoms with Crippen molar-refractivity contribution in [3.8, 4) is 10.4 Å². The number of nitrogens with zero attached hydrogens (tertiary/aromatic N) is 2. The van der Waals surface area contributed by atoms with Gasteiger partial charge in [0.2, 0.25) is 0 Å². The molecule has 0 atom stereocenters. The fourth-order valence-corrected chi connectivity index (χ4v) is 5.22. The largest absolute Gasteiger partial charge is 0.288 e. The van der Waals surface area contributed by atoms with E-state index in [-0.39, 0.29) is 17.7 Å². The van der Waals surface area contributed by atoms with Gasteiger partial charge in [-0.05, 0) is 48.1 Å². The van der Waals surface area contributed by atoms with Gasteiger partial charge in [-0.25, -0.2) is 13.2 Å². The molecule has 3 aromatic carbocycles. The lowest BCUT2D eigenvalue weighted by molar-refractivity contribution is 0.577. The van der Waals surface area contributed by atoms with E-state index in [0.717, 1.165) is 6.07 Å². The highest BCUT2D eigenvalue weighted by molar-refractivity contribution is 7.73. The van der Waals surface area contributed by atoms with Crippen LogP contribution in [0.5, 0.6) is 0 Å². The average Bonchev–Trinajstić information content (AvgIpc) is 3.08. The van der Waals surface area contributed by atoms with Crippen molar-refractivity contribution in [1.82, 2.24) is 8.97 Å². The van der Waals surface area contributed by atoms with E-state index in [1.807, 2.05) is 0 Å². The van der Waals surface area contributed by atoms with Gasteiger partial charge in [0.05, 0.1) is 22.3 Å². The maximum Gasteiger partial charge on any atom is 0.261 e. The predicted octanol–water partition coefficient (Wildman–Crippen LogP) is 6.18. The first-order chi connectivity index (χ1) is 14.9. The number of para-hydroxylation sites is 1. The molecule has 31 heavy (non-hydrogen) atoms. The van der Waals surface area contributed by atoms with Gasteiger partial charge in [0.1, 0.15) is 23.1 Å². The number of rotatable bonds is 3. The van der Waals surface area contributed by atoms with Crippen molar-refractivity contribution in [3.05, 3.63) is 104 Å². The van der Waals surface area contributed by atoms with Crippen LogP contribution in [0.1, 0.15) is 5.56 Å². The highest BCUT2D eigenvalue weighted by Crippen LogP contribution is 2.34. The summed E-state index contributed by atoms with van der Waals surface area (Å²) in [5.41, 5.74) is 1.19. The number of thiazole rings is 1. The molecule has 5 aromatic rings. The average molecular weight is 454 g/mol. The summed E-state index contributed by atoms with van der Waals surface area (Å²) in [5, 5.41) is 0.404. The minimum atomic E-state index is -0.740. The Bertz CT molecular complexity index is 1580. The van der Waals surface area contributed by atoms with E-state index < -0.39 is 17.5 Å². The molecule has 0 bridgehead atoms. The zero-order valence-corrected chi connectivity index (χ0v) is 17.4. The summed E-state index contributed by atoms with van der Waals surface area (Å²) in [7, 11) is 0. The summed E-state index contributed by atoms with van der Waals surface area (Å²) >= 11 is 6.76. The van der Waals surface area contributed by atoms with Gasteiger partial charge in [-0.3, -0.25) is 13.8 Å². The van der Waals surface area contributed by atoms with Crippen LogP contribution in [-0.2, 0) is 6.54 Å². The molecule has 0 fully saturated rings. The summed E-state index contributed by atoms with van der Waals surface area (Å²) in [5.74, 6) is -1.93. The molecule has 0 aliphatic heterocycles. The van der Waals surface area contributed by atoms with E-state index in [4.69, 9.17) is 12.2 Å². The third-order valence-corrected chi connectivity index (χ3v) is 6.44. The van der Waals surface area contributed by atoms with Gasteiger partial charge in [-0.1, -0.05) is 30.3 Å². The van der Waals surface area contributed by atoms with Crippen LogP contribution in [0.3, 0.4) is 0 Å². The molecule has 0 N–H and O–H groups in total. The maximum absolute atomic E-state index is 14.7. The SMILES string of the molecule is O=c1c2ccccc2n2c(=S)sc(-c3ccccc3F)c2n1Cc1cc(F)cc(F)c1. The van der Waals surface area contributed by atoms with Crippen molar-refractivity contribution < 1.29 is 13.2 Å². The molecule has 5 rings (SSSR count). The van der Waals surface area contributed by atoms with Gasteiger partial charge in [-0.2, -0.15) is 0 Å². The standard InChI is InChI=1S/C23H13F3N2OS2/c24-14-9-13(10-15(25)11-14)12-27-21-20(16-5-1-3-7-18(16)26)31-23(30)28(21)19-8-4-2-6-17(19)22(27)29/h1-11H,12H2. The van der Waals surface area contributed by atoms with Gasteiger partial charge < -0.3 is 0 Å². The summed E-state index contributed by atoms with van der Waals surface area (Å²) in [6.45, 7) is -0.102. The number of halogens is 3. The molecule has 0 saturated heterocycles. The lowest BCUT2D eigenvalue weighted by Crippen LogP contribution is -2.24. The number of fused-ring (bicyclic) bond motifs is 3. The van der Waals surface area contributed by atoms with Gasteiger partial charge in [-0.15, -0.1) is 11.3 Å². The normalized spacial score (nSPS) is 11.5. The van der Waals surface area contributed by atoms with E-state index in [9.17, 15) is 18.0 Å². The molecule has 0 amide bonds. The van der Waals surface area contributed by atoms with Gasteiger partial charge in [0.25, 0.3) is 5.56 Å². The number of hydrogen-bond donors (Lipinski definition) is 0. The molecule has 8 heteroatoms. The van der Waals surface area contributed by atoms with E-state index in [2.05, 4.69) is 0 Å². The first kappa shape index (κ1) is 19.7. The van der Waals surface area contributed by atoms with Gasteiger partial charge >= 0.3 is 0 Å². The fourth-order valence-electron chi connectivity index (χ4n) is 3.77. The van der Waals surface area contributed by atoms with E-state index in [0.29, 0.717) is 30.9 Å². The highest BCUT2D eigenvalue weighted by atomic mass is 32.1. The topological polar surface area (TPSA) is 26.4 Å². The second kappa shape index (κ2) is 7.47. The maximum atomic E-state index is 14.7. The Balaban J connectivity index is 1.92.